The maximum Gasteiger partial charge on any atom is 0.411 e. The number of halogens is 4. The van der Waals surface area contributed by atoms with Gasteiger partial charge in [-0.2, -0.15) is 13.2 Å². The van der Waals surface area contributed by atoms with E-state index in [0.717, 1.165) is 11.0 Å². The number of nitrogens with zero attached hydrogens (tertiary/aromatic N) is 1. The van der Waals surface area contributed by atoms with Gasteiger partial charge in [0.25, 0.3) is 5.91 Å². The van der Waals surface area contributed by atoms with Gasteiger partial charge in [0.05, 0.1) is 18.8 Å². The fourth-order valence-corrected chi connectivity index (χ4v) is 3.16. The fraction of sp³-hybridized carbons (Fsp3) is 0.529. The summed E-state index contributed by atoms with van der Waals surface area (Å²) >= 11 is 0. The third-order valence-electron chi connectivity index (χ3n) is 4.59. The summed E-state index contributed by atoms with van der Waals surface area (Å²) in [6.07, 6.45) is -3.17. The lowest BCUT2D eigenvalue weighted by molar-refractivity contribution is -0.167. The largest absolute Gasteiger partial charge is 0.480 e. The molecule has 3 rings (SSSR count). The van der Waals surface area contributed by atoms with E-state index in [0.29, 0.717) is 18.4 Å². The topological polar surface area (TPSA) is 78.9 Å². The Bertz CT molecular complexity index is 749. The zero-order valence-electron chi connectivity index (χ0n) is 14.2. The molecule has 148 valence electrons. The van der Waals surface area contributed by atoms with E-state index >= 15 is 0 Å². The van der Waals surface area contributed by atoms with Gasteiger partial charge in [0.2, 0.25) is 0 Å². The van der Waals surface area contributed by atoms with Gasteiger partial charge in [-0.3, -0.25) is 9.59 Å². The van der Waals surface area contributed by atoms with Crippen molar-refractivity contribution >= 4 is 17.6 Å². The highest BCUT2D eigenvalue weighted by molar-refractivity contribution is 5.98. The summed E-state index contributed by atoms with van der Waals surface area (Å²) in [7, 11) is 0. The lowest BCUT2D eigenvalue weighted by Gasteiger charge is -2.38. The Kier molecular flexibility index (Phi) is 5.27. The van der Waals surface area contributed by atoms with Crippen molar-refractivity contribution in [3.05, 3.63) is 29.1 Å². The molecule has 1 aromatic carbocycles. The number of carbonyl (C=O) groups excluding carboxylic acids is 1. The van der Waals surface area contributed by atoms with Crippen molar-refractivity contribution in [1.29, 1.82) is 0 Å². The van der Waals surface area contributed by atoms with Crippen LogP contribution in [0.5, 0.6) is 0 Å². The average Bonchev–Trinajstić information content (AvgIpc) is 3.43. The molecule has 6 nitrogen and oxygen atoms in total. The van der Waals surface area contributed by atoms with Crippen LogP contribution in [0, 0.1) is 5.82 Å². The van der Waals surface area contributed by atoms with Crippen LogP contribution in [0.4, 0.5) is 23.2 Å². The van der Waals surface area contributed by atoms with Gasteiger partial charge in [-0.1, -0.05) is 0 Å². The van der Waals surface area contributed by atoms with Gasteiger partial charge in [0.15, 0.2) is 0 Å². The maximum atomic E-state index is 14.7. The number of carboxylic acid groups (broad SMARTS) is 1. The number of anilines is 1. The molecule has 1 aliphatic heterocycles. The Morgan fingerprint density at radius 2 is 2.00 bits per heavy atom. The molecular formula is C17H18F4N2O4. The predicted octanol–water partition coefficient (Wildman–Crippen LogP) is 2.29. The molecule has 1 saturated heterocycles. The minimum atomic E-state index is -4.55. The van der Waals surface area contributed by atoms with E-state index in [2.05, 4.69) is 5.32 Å². The zero-order chi connectivity index (χ0) is 19.8. The number of benzene rings is 1. The third kappa shape index (κ3) is 4.32. The first-order chi connectivity index (χ1) is 12.7. The number of nitrogens with one attached hydrogen (secondary N) is 1. The van der Waals surface area contributed by atoms with Crippen molar-refractivity contribution in [3.63, 3.8) is 0 Å². The maximum absolute atomic E-state index is 14.7. The highest BCUT2D eigenvalue weighted by atomic mass is 19.4. The summed E-state index contributed by atoms with van der Waals surface area (Å²) in [6.45, 7) is -1.21. The molecule has 1 amide bonds. The van der Waals surface area contributed by atoms with Gasteiger partial charge in [-0.25, -0.2) is 4.39 Å². The van der Waals surface area contributed by atoms with Crippen LogP contribution in [0.3, 0.4) is 0 Å². The van der Waals surface area contributed by atoms with Crippen LogP contribution >= 0.6 is 0 Å². The van der Waals surface area contributed by atoms with E-state index < -0.39 is 43.1 Å². The number of morpholine rings is 1. The summed E-state index contributed by atoms with van der Waals surface area (Å²) in [4.78, 5) is 23.9. The monoisotopic (exact) mass is 390 g/mol. The highest BCUT2D eigenvalue weighted by Crippen LogP contribution is 2.44. The van der Waals surface area contributed by atoms with Crippen LogP contribution in [0.2, 0.25) is 0 Å². The summed E-state index contributed by atoms with van der Waals surface area (Å²) < 4.78 is 59.5. The minimum absolute atomic E-state index is 0.0369. The minimum Gasteiger partial charge on any atom is -0.480 e. The molecule has 2 aliphatic rings. The number of hydrogen-bond donors (Lipinski definition) is 2. The Balaban J connectivity index is 1.96. The first kappa shape index (κ1) is 19.4. The number of aliphatic carboxylic acids is 1. The van der Waals surface area contributed by atoms with Crippen molar-refractivity contribution in [3.8, 4) is 0 Å². The number of alkyl halides is 3. The molecule has 2 N–H and O–H groups in total. The van der Waals surface area contributed by atoms with Gasteiger partial charge < -0.3 is 20.1 Å². The molecule has 2 fully saturated rings. The van der Waals surface area contributed by atoms with E-state index in [-0.39, 0.29) is 30.3 Å². The molecule has 10 heteroatoms. The smallest absolute Gasteiger partial charge is 0.411 e. The first-order valence-corrected chi connectivity index (χ1v) is 8.43. The normalized spacial score (nSPS) is 20.4. The van der Waals surface area contributed by atoms with E-state index in [1.807, 2.05) is 0 Å². The standard InChI is InChI=1S/C17H18F4N2O4/c18-12-6-10(23-3-4-27-8-13(23)17(19,20)21)5-11(9-1-2-9)15(12)16(26)22-7-14(24)25/h5-6,9,13H,1-4,7-8H2,(H,22,26)(H,24,25). The summed E-state index contributed by atoms with van der Waals surface area (Å²) in [6, 6.07) is 0.399. The second-order valence-corrected chi connectivity index (χ2v) is 6.57. The molecular weight excluding hydrogens is 372 g/mol. The van der Waals surface area contributed by atoms with Gasteiger partial charge in [0, 0.05) is 12.2 Å². The fourth-order valence-electron chi connectivity index (χ4n) is 3.16. The first-order valence-electron chi connectivity index (χ1n) is 8.43. The quantitative estimate of drug-likeness (QED) is 0.755. The van der Waals surface area contributed by atoms with E-state index in [1.165, 1.54) is 6.07 Å². The van der Waals surface area contributed by atoms with Crippen molar-refractivity contribution < 1.29 is 37.0 Å². The molecule has 1 heterocycles. The lowest BCUT2D eigenvalue weighted by Crippen LogP contribution is -2.53. The van der Waals surface area contributed by atoms with Gasteiger partial charge in [-0.15, -0.1) is 0 Å². The van der Waals surface area contributed by atoms with Gasteiger partial charge >= 0.3 is 12.1 Å². The van der Waals surface area contributed by atoms with E-state index in [9.17, 15) is 27.2 Å². The summed E-state index contributed by atoms with van der Waals surface area (Å²) in [5, 5.41) is 10.8. The van der Waals surface area contributed by atoms with Crippen LogP contribution in [-0.4, -0.2) is 55.5 Å². The Morgan fingerprint density at radius 3 is 2.59 bits per heavy atom. The highest BCUT2D eigenvalue weighted by Gasteiger charge is 2.46. The van der Waals surface area contributed by atoms with Crippen LogP contribution < -0.4 is 10.2 Å². The average molecular weight is 390 g/mol. The summed E-state index contributed by atoms with van der Waals surface area (Å²) in [5.41, 5.74) is 0.0365. The number of carboxylic acids is 1. The Morgan fingerprint density at radius 1 is 1.30 bits per heavy atom. The van der Waals surface area contributed by atoms with E-state index in [1.54, 1.807) is 0 Å². The van der Waals surface area contributed by atoms with Crippen LogP contribution in [0.25, 0.3) is 0 Å². The number of rotatable bonds is 5. The third-order valence-corrected chi connectivity index (χ3v) is 4.59. The van der Waals surface area contributed by atoms with Crippen LogP contribution in [-0.2, 0) is 9.53 Å². The van der Waals surface area contributed by atoms with Crippen LogP contribution in [0.15, 0.2) is 12.1 Å². The molecule has 1 aliphatic carbocycles. The zero-order valence-corrected chi connectivity index (χ0v) is 14.2. The molecule has 1 aromatic rings. The van der Waals surface area contributed by atoms with Crippen LogP contribution in [0.1, 0.15) is 34.7 Å². The molecule has 1 unspecified atom stereocenters. The van der Waals surface area contributed by atoms with Crippen molar-refractivity contribution in [2.45, 2.75) is 31.0 Å². The van der Waals surface area contributed by atoms with Crippen molar-refractivity contribution in [2.75, 3.05) is 31.2 Å². The molecule has 1 atom stereocenters. The number of ether oxygens (including phenoxy) is 1. The Hall–Kier alpha value is -2.36. The molecule has 0 radical (unpaired) electrons. The lowest BCUT2D eigenvalue weighted by atomic mass is 9.99. The molecule has 0 aromatic heterocycles. The molecule has 0 bridgehead atoms. The van der Waals surface area contributed by atoms with E-state index in [4.69, 9.17) is 9.84 Å². The SMILES string of the molecule is O=C(O)CNC(=O)c1c(F)cc(N2CCOCC2C(F)(F)F)cc1C1CC1. The molecule has 0 spiro atoms. The van der Waals surface area contributed by atoms with Crippen molar-refractivity contribution in [1.82, 2.24) is 5.32 Å². The van der Waals surface area contributed by atoms with Gasteiger partial charge in [0.1, 0.15) is 18.4 Å². The summed E-state index contributed by atoms with van der Waals surface area (Å²) in [5.74, 6) is -3.27. The molecule has 1 saturated carbocycles. The molecule has 27 heavy (non-hydrogen) atoms. The number of amides is 1. The predicted molar refractivity (Wildman–Crippen MR) is 86.4 cm³/mol. The van der Waals surface area contributed by atoms with Gasteiger partial charge in [-0.05, 0) is 36.5 Å². The number of carbonyl (C=O) groups is 2. The second kappa shape index (κ2) is 7.34. The van der Waals surface area contributed by atoms with Crippen molar-refractivity contribution in [2.24, 2.45) is 0 Å². The Labute approximate surface area is 152 Å². The number of hydrogen-bond acceptors (Lipinski definition) is 4. The second-order valence-electron chi connectivity index (χ2n) is 6.57.